The van der Waals surface area contributed by atoms with Crippen LogP contribution in [0.5, 0.6) is 11.5 Å². The van der Waals surface area contributed by atoms with Crippen LogP contribution in [0.15, 0.2) is 60.7 Å². The Balaban J connectivity index is 2.06. The molecule has 0 atom stereocenters. The maximum Gasteiger partial charge on any atom is 0.253 e. The van der Waals surface area contributed by atoms with Gasteiger partial charge in [0.15, 0.2) is 11.5 Å². The summed E-state index contributed by atoms with van der Waals surface area (Å²) in [6, 6.07) is 16.3. The molecule has 0 aromatic heterocycles. The lowest BCUT2D eigenvalue weighted by Crippen LogP contribution is -2.33. The third kappa shape index (κ3) is 5.85. The van der Waals surface area contributed by atoms with Crippen molar-refractivity contribution >= 4 is 21.6 Å². The second-order valence-corrected chi connectivity index (χ2v) is 9.66. The number of nitrogens with one attached hydrogen (secondary N) is 1. The van der Waals surface area contributed by atoms with Gasteiger partial charge < -0.3 is 14.8 Å². The fourth-order valence-corrected chi connectivity index (χ4v) is 4.28. The number of rotatable bonds is 9. The Morgan fingerprint density at radius 1 is 1.00 bits per heavy atom. The van der Waals surface area contributed by atoms with Crippen molar-refractivity contribution in [2.75, 3.05) is 24.8 Å². The number of anilines is 1. The second-order valence-electron chi connectivity index (χ2n) is 7.75. The van der Waals surface area contributed by atoms with Crippen LogP contribution in [0.3, 0.4) is 0 Å². The zero-order valence-corrected chi connectivity index (χ0v) is 20.3. The number of carbonyl (C=O) groups excluding carboxylic acids is 1. The van der Waals surface area contributed by atoms with E-state index < -0.39 is 21.7 Å². The number of sulfonamides is 1. The quantitative estimate of drug-likeness (QED) is 0.493. The van der Waals surface area contributed by atoms with Crippen molar-refractivity contribution < 1.29 is 27.1 Å². The molecular formula is C25H27FN2O5S. The number of amides is 1. The van der Waals surface area contributed by atoms with Crippen LogP contribution in [-0.4, -0.2) is 34.8 Å². The maximum atomic E-state index is 14.4. The van der Waals surface area contributed by atoms with Gasteiger partial charge in [-0.15, -0.1) is 0 Å². The van der Waals surface area contributed by atoms with Gasteiger partial charge in [0.1, 0.15) is 5.82 Å². The molecule has 0 saturated carbocycles. The van der Waals surface area contributed by atoms with Gasteiger partial charge in [-0.3, -0.25) is 9.10 Å². The lowest BCUT2D eigenvalue weighted by Gasteiger charge is -2.26. The first-order valence-electron chi connectivity index (χ1n) is 10.4. The Morgan fingerprint density at radius 2 is 1.62 bits per heavy atom. The Morgan fingerprint density at radius 3 is 2.21 bits per heavy atom. The number of methoxy groups -OCH3 is 2. The Hall–Kier alpha value is -3.59. The van der Waals surface area contributed by atoms with Crippen LogP contribution in [0.1, 0.15) is 27.0 Å². The van der Waals surface area contributed by atoms with Crippen molar-refractivity contribution in [1.29, 1.82) is 0 Å². The molecule has 3 aromatic carbocycles. The molecule has 34 heavy (non-hydrogen) atoms. The summed E-state index contributed by atoms with van der Waals surface area (Å²) >= 11 is 0. The van der Waals surface area contributed by atoms with E-state index in [1.807, 2.05) is 31.2 Å². The van der Waals surface area contributed by atoms with Crippen LogP contribution in [-0.2, 0) is 23.1 Å². The van der Waals surface area contributed by atoms with Crippen molar-refractivity contribution in [2.45, 2.75) is 20.0 Å². The fourth-order valence-electron chi connectivity index (χ4n) is 3.40. The number of halogens is 1. The average Bonchev–Trinajstić information content (AvgIpc) is 2.81. The topological polar surface area (TPSA) is 84.9 Å². The van der Waals surface area contributed by atoms with Gasteiger partial charge in [0, 0.05) is 18.2 Å². The highest BCUT2D eigenvalue weighted by atomic mass is 32.2. The molecule has 0 bridgehead atoms. The molecule has 0 aliphatic rings. The zero-order chi connectivity index (χ0) is 24.9. The van der Waals surface area contributed by atoms with E-state index in [4.69, 9.17) is 9.47 Å². The predicted molar refractivity (Wildman–Crippen MR) is 129 cm³/mol. The van der Waals surface area contributed by atoms with Gasteiger partial charge in [0.05, 0.1) is 38.3 Å². The molecule has 0 radical (unpaired) electrons. The van der Waals surface area contributed by atoms with E-state index in [2.05, 4.69) is 5.32 Å². The Kier molecular flexibility index (Phi) is 7.78. The number of benzene rings is 3. The minimum absolute atomic E-state index is 0.0461. The van der Waals surface area contributed by atoms with Crippen LogP contribution in [0.4, 0.5) is 10.1 Å². The molecule has 0 saturated heterocycles. The summed E-state index contributed by atoms with van der Waals surface area (Å²) in [5.74, 6) is -0.582. The number of carbonyl (C=O) groups is 1. The van der Waals surface area contributed by atoms with Gasteiger partial charge >= 0.3 is 0 Å². The van der Waals surface area contributed by atoms with E-state index in [0.717, 1.165) is 21.7 Å². The highest BCUT2D eigenvalue weighted by molar-refractivity contribution is 7.92. The average molecular weight is 487 g/mol. The first kappa shape index (κ1) is 25.0. The van der Waals surface area contributed by atoms with Crippen LogP contribution < -0.4 is 19.1 Å². The lowest BCUT2D eigenvalue weighted by molar-refractivity contribution is 0.0951. The predicted octanol–water partition coefficient (Wildman–Crippen LogP) is 4.05. The second kappa shape index (κ2) is 10.6. The first-order valence-corrected chi connectivity index (χ1v) is 12.3. The molecule has 3 aromatic rings. The third-order valence-electron chi connectivity index (χ3n) is 5.26. The maximum absolute atomic E-state index is 14.4. The molecule has 0 aliphatic carbocycles. The molecule has 0 heterocycles. The first-order chi connectivity index (χ1) is 16.1. The number of hydrogen-bond acceptors (Lipinski definition) is 5. The molecule has 0 spiro atoms. The van der Waals surface area contributed by atoms with E-state index in [1.54, 1.807) is 6.07 Å². The Bertz CT molecular complexity index is 1280. The highest BCUT2D eigenvalue weighted by Crippen LogP contribution is 2.37. The largest absolute Gasteiger partial charge is 0.493 e. The summed E-state index contributed by atoms with van der Waals surface area (Å²) in [5.41, 5.74) is 2.23. The fraction of sp³-hybridized carbons (Fsp3) is 0.240. The van der Waals surface area contributed by atoms with E-state index in [1.165, 1.54) is 44.6 Å². The van der Waals surface area contributed by atoms with Crippen molar-refractivity contribution in [3.05, 3.63) is 88.7 Å². The van der Waals surface area contributed by atoms with Gasteiger partial charge in [-0.05, 0) is 24.6 Å². The van der Waals surface area contributed by atoms with Gasteiger partial charge in [-0.2, -0.15) is 0 Å². The summed E-state index contributed by atoms with van der Waals surface area (Å²) in [6.45, 7) is 1.89. The summed E-state index contributed by atoms with van der Waals surface area (Å²) in [4.78, 5) is 13.2. The van der Waals surface area contributed by atoms with E-state index in [0.29, 0.717) is 0 Å². The smallest absolute Gasteiger partial charge is 0.253 e. The van der Waals surface area contributed by atoms with Crippen molar-refractivity contribution in [2.24, 2.45) is 0 Å². The highest BCUT2D eigenvalue weighted by Gasteiger charge is 2.27. The molecule has 3 rings (SSSR count). The summed E-state index contributed by atoms with van der Waals surface area (Å²) < 4.78 is 51.6. The molecule has 0 unspecified atom stereocenters. The normalized spacial score (nSPS) is 11.1. The Labute approximate surface area is 199 Å². The van der Waals surface area contributed by atoms with E-state index >= 15 is 0 Å². The minimum Gasteiger partial charge on any atom is -0.493 e. The number of aryl methyl sites for hydroxylation is 1. The van der Waals surface area contributed by atoms with Crippen molar-refractivity contribution in [1.82, 2.24) is 5.32 Å². The van der Waals surface area contributed by atoms with Crippen molar-refractivity contribution in [3.8, 4) is 11.5 Å². The summed E-state index contributed by atoms with van der Waals surface area (Å²) in [5, 5.41) is 2.81. The molecule has 1 N–H and O–H groups in total. The standard InChI is InChI=1S/C25H27FN2O5S/c1-17-9-11-18(12-10-17)15-27-25(29)20-13-23(32-2)24(33-3)14-22(20)28(34(4,30)31)16-19-7-5-6-8-21(19)26/h5-14H,15-16H2,1-4H3,(H,27,29). The van der Waals surface area contributed by atoms with Crippen LogP contribution in [0, 0.1) is 12.7 Å². The molecule has 0 fully saturated rings. The third-order valence-corrected chi connectivity index (χ3v) is 6.39. The SMILES string of the molecule is COc1cc(C(=O)NCc2ccc(C)cc2)c(N(Cc2ccccc2F)S(C)(=O)=O)cc1OC. The molecular weight excluding hydrogens is 459 g/mol. The van der Waals surface area contributed by atoms with Crippen LogP contribution in [0.2, 0.25) is 0 Å². The minimum atomic E-state index is -3.92. The monoisotopic (exact) mass is 486 g/mol. The van der Waals surface area contributed by atoms with Gasteiger partial charge in [0.25, 0.3) is 5.91 Å². The lowest BCUT2D eigenvalue weighted by atomic mass is 10.1. The van der Waals surface area contributed by atoms with Gasteiger partial charge in [-0.1, -0.05) is 48.0 Å². The summed E-state index contributed by atoms with van der Waals surface area (Å²) in [6.07, 6.45) is 0.999. The molecule has 9 heteroatoms. The van der Waals surface area contributed by atoms with Gasteiger partial charge in [0.2, 0.25) is 10.0 Å². The van der Waals surface area contributed by atoms with Crippen LogP contribution >= 0.6 is 0 Å². The number of nitrogens with zero attached hydrogens (tertiary/aromatic N) is 1. The van der Waals surface area contributed by atoms with E-state index in [-0.39, 0.29) is 41.4 Å². The van der Waals surface area contributed by atoms with E-state index in [9.17, 15) is 17.6 Å². The number of hydrogen-bond donors (Lipinski definition) is 1. The van der Waals surface area contributed by atoms with Crippen molar-refractivity contribution in [3.63, 3.8) is 0 Å². The van der Waals surface area contributed by atoms with Crippen LogP contribution in [0.25, 0.3) is 0 Å². The number of ether oxygens (including phenoxy) is 2. The molecule has 7 nitrogen and oxygen atoms in total. The van der Waals surface area contributed by atoms with Gasteiger partial charge in [-0.25, -0.2) is 12.8 Å². The molecule has 180 valence electrons. The summed E-state index contributed by atoms with van der Waals surface area (Å²) in [7, 11) is -1.10. The molecule has 1 amide bonds. The molecule has 0 aliphatic heterocycles. The zero-order valence-electron chi connectivity index (χ0n) is 19.5.